The average Bonchev–Trinajstić information content (AvgIpc) is 2.60. The lowest BCUT2D eigenvalue weighted by atomic mass is 10.1. The summed E-state index contributed by atoms with van der Waals surface area (Å²) in [5.41, 5.74) is 1.06. The Morgan fingerprint density at radius 3 is 2.65 bits per heavy atom. The van der Waals surface area contributed by atoms with Gasteiger partial charge < -0.3 is 9.84 Å². The summed E-state index contributed by atoms with van der Waals surface area (Å²) in [4.78, 5) is 14.8. The van der Waals surface area contributed by atoms with Gasteiger partial charge in [0.1, 0.15) is 5.03 Å². The first-order valence-corrected chi connectivity index (χ1v) is 9.43. The summed E-state index contributed by atoms with van der Waals surface area (Å²) in [6, 6.07) is 5.95. The van der Waals surface area contributed by atoms with Crippen LogP contribution in [0.3, 0.4) is 0 Å². The number of hydrogen-bond donors (Lipinski definition) is 1. The Labute approximate surface area is 155 Å². The molecule has 4 nitrogen and oxygen atoms in total. The third kappa shape index (κ3) is 5.69. The van der Waals surface area contributed by atoms with E-state index in [1.807, 2.05) is 0 Å². The van der Waals surface area contributed by atoms with Gasteiger partial charge in [0.05, 0.1) is 6.61 Å². The first-order chi connectivity index (χ1) is 12.5. The molecule has 0 bridgehead atoms. The topological polar surface area (TPSA) is 59.4 Å². The molecule has 1 N–H and O–H groups in total. The number of benzene rings is 1. The summed E-state index contributed by atoms with van der Waals surface area (Å²) < 4.78 is 33.7. The Hall–Kier alpha value is -2.15. The van der Waals surface area contributed by atoms with Crippen LogP contribution < -0.4 is 4.74 Å². The highest BCUT2D eigenvalue weighted by Crippen LogP contribution is 2.34. The van der Waals surface area contributed by atoms with Crippen LogP contribution in [0.1, 0.15) is 32.6 Å². The van der Waals surface area contributed by atoms with E-state index in [4.69, 9.17) is 9.84 Å². The summed E-state index contributed by atoms with van der Waals surface area (Å²) in [6.45, 7) is 2.03. The van der Waals surface area contributed by atoms with Crippen LogP contribution in [-0.4, -0.2) is 28.4 Å². The second-order valence-corrected chi connectivity index (χ2v) is 6.76. The largest absolute Gasteiger partial charge is 0.488 e. The van der Waals surface area contributed by atoms with Crippen LogP contribution in [0, 0.1) is 11.6 Å². The molecule has 0 aliphatic carbocycles. The standard InChI is InChI=1S/C19H21F2NO3S/c1-2-3-10-26-19-14(6-4-8-22-19)13-11-15(20)18(16(21)12-13)25-9-5-7-17(23)24/h4,6,8,11-12H,2-3,5,7,9-10H2,1H3,(H,23,24). The maximum atomic E-state index is 14.3. The minimum Gasteiger partial charge on any atom is -0.488 e. The van der Waals surface area contributed by atoms with Crippen LogP contribution in [0.2, 0.25) is 0 Å². The van der Waals surface area contributed by atoms with E-state index in [0.29, 0.717) is 11.1 Å². The van der Waals surface area contributed by atoms with Crippen molar-refractivity contribution in [3.63, 3.8) is 0 Å². The molecule has 1 aromatic carbocycles. The normalized spacial score (nSPS) is 10.7. The number of carboxylic acid groups (broad SMARTS) is 1. The van der Waals surface area contributed by atoms with Gasteiger partial charge in [0, 0.05) is 18.2 Å². The molecule has 0 atom stereocenters. The predicted octanol–water partition coefficient (Wildman–Crippen LogP) is 5.16. The minimum atomic E-state index is -0.977. The molecule has 7 heteroatoms. The van der Waals surface area contributed by atoms with Crippen molar-refractivity contribution in [3.8, 4) is 16.9 Å². The third-order valence-corrected chi connectivity index (χ3v) is 4.69. The van der Waals surface area contributed by atoms with E-state index in [9.17, 15) is 13.6 Å². The number of hydrogen-bond acceptors (Lipinski definition) is 4. The number of thioether (sulfide) groups is 1. The SMILES string of the molecule is CCCCSc1ncccc1-c1cc(F)c(OCCCC(=O)O)c(F)c1. The highest BCUT2D eigenvalue weighted by atomic mass is 32.2. The van der Waals surface area contributed by atoms with Gasteiger partial charge in [0.15, 0.2) is 17.4 Å². The fraction of sp³-hybridized carbons (Fsp3) is 0.368. The minimum absolute atomic E-state index is 0.0650. The lowest BCUT2D eigenvalue weighted by Crippen LogP contribution is -2.05. The van der Waals surface area contributed by atoms with Gasteiger partial charge in [-0.25, -0.2) is 13.8 Å². The number of aliphatic carboxylic acids is 1. The van der Waals surface area contributed by atoms with Crippen molar-refractivity contribution in [1.29, 1.82) is 0 Å². The Balaban J connectivity index is 2.18. The predicted molar refractivity (Wildman–Crippen MR) is 97.6 cm³/mol. The number of rotatable bonds is 10. The molecule has 0 fully saturated rings. The maximum absolute atomic E-state index is 14.3. The Morgan fingerprint density at radius 2 is 2.00 bits per heavy atom. The molecule has 0 spiro atoms. The number of carbonyl (C=O) groups is 1. The monoisotopic (exact) mass is 381 g/mol. The second-order valence-electron chi connectivity index (χ2n) is 5.67. The lowest BCUT2D eigenvalue weighted by molar-refractivity contribution is -0.137. The molecule has 0 radical (unpaired) electrons. The van der Waals surface area contributed by atoms with E-state index in [0.717, 1.165) is 23.6 Å². The molecule has 0 aliphatic rings. The number of carboxylic acids is 1. The van der Waals surface area contributed by atoms with E-state index in [1.54, 1.807) is 30.1 Å². The van der Waals surface area contributed by atoms with Crippen LogP contribution in [0.4, 0.5) is 8.78 Å². The molecule has 0 saturated carbocycles. The summed E-state index contributed by atoms with van der Waals surface area (Å²) in [6.07, 6.45) is 3.81. The molecule has 0 saturated heterocycles. The van der Waals surface area contributed by atoms with E-state index in [-0.39, 0.29) is 19.4 Å². The zero-order chi connectivity index (χ0) is 18.9. The van der Waals surface area contributed by atoms with Crippen LogP contribution in [0.5, 0.6) is 5.75 Å². The quantitative estimate of drug-likeness (QED) is 0.455. The molecule has 0 aliphatic heterocycles. The van der Waals surface area contributed by atoms with E-state index in [1.165, 1.54) is 12.1 Å². The third-order valence-electron chi connectivity index (χ3n) is 3.60. The number of nitrogens with zero attached hydrogens (tertiary/aromatic N) is 1. The van der Waals surface area contributed by atoms with Gasteiger partial charge in [0.25, 0.3) is 0 Å². The number of ether oxygens (including phenoxy) is 1. The zero-order valence-electron chi connectivity index (χ0n) is 14.5. The molecule has 26 heavy (non-hydrogen) atoms. The first kappa shape index (κ1) is 20.2. The van der Waals surface area contributed by atoms with Crippen LogP contribution in [0.25, 0.3) is 11.1 Å². The van der Waals surface area contributed by atoms with Gasteiger partial charge in [0.2, 0.25) is 0 Å². The van der Waals surface area contributed by atoms with E-state index < -0.39 is 23.4 Å². The Bertz CT molecular complexity index is 732. The van der Waals surface area contributed by atoms with Crippen molar-refractivity contribution in [1.82, 2.24) is 4.98 Å². The van der Waals surface area contributed by atoms with Crippen LogP contribution in [0.15, 0.2) is 35.5 Å². The summed E-state index contributed by atoms with van der Waals surface area (Å²) in [7, 11) is 0. The van der Waals surface area contributed by atoms with Gasteiger partial charge in [-0.2, -0.15) is 0 Å². The zero-order valence-corrected chi connectivity index (χ0v) is 15.3. The Morgan fingerprint density at radius 1 is 1.27 bits per heavy atom. The Kier molecular flexibility index (Phi) is 7.84. The van der Waals surface area contributed by atoms with Crippen molar-refractivity contribution in [2.75, 3.05) is 12.4 Å². The molecule has 2 aromatic rings. The molecule has 140 valence electrons. The van der Waals surface area contributed by atoms with Crippen LogP contribution in [-0.2, 0) is 4.79 Å². The smallest absolute Gasteiger partial charge is 0.303 e. The van der Waals surface area contributed by atoms with Gasteiger partial charge >= 0.3 is 5.97 Å². The number of pyridine rings is 1. The summed E-state index contributed by atoms with van der Waals surface area (Å²) in [5, 5.41) is 9.31. The molecule has 0 unspecified atom stereocenters. The highest BCUT2D eigenvalue weighted by Gasteiger charge is 2.16. The molecule has 0 amide bonds. The fourth-order valence-corrected chi connectivity index (χ4v) is 3.39. The molecule has 2 rings (SSSR count). The van der Waals surface area contributed by atoms with E-state index >= 15 is 0 Å². The van der Waals surface area contributed by atoms with Crippen molar-refractivity contribution in [3.05, 3.63) is 42.1 Å². The van der Waals surface area contributed by atoms with Crippen molar-refractivity contribution in [2.24, 2.45) is 0 Å². The van der Waals surface area contributed by atoms with Gasteiger partial charge in [-0.1, -0.05) is 19.4 Å². The summed E-state index contributed by atoms with van der Waals surface area (Å²) >= 11 is 1.56. The second kappa shape index (κ2) is 10.1. The fourth-order valence-electron chi connectivity index (χ4n) is 2.29. The number of aromatic nitrogens is 1. The van der Waals surface area contributed by atoms with Crippen molar-refractivity contribution < 1.29 is 23.4 Å². The van der Waals surface area contributed by atoms with Crippen LogP contribution >= 0.6 is 11.8 Å². The number of halogens is 2. The molecule has 1 aromatic heterocycles. The van der Waals surface area contributed by atoms with Gasteiger partial charge in [-0.3, -0.25) is 4.79 Å². The van der Waals surface area contributed by atoms with Crippen molar-refractivity contribution in [2.45, 2.75) is 37.6 Å². The maximum Gasteiger partial charge on any atom is 0.303 e. The molecular weight excluding hydrogens is 360 g/mol. The van der Waals surface area contributed by atoms with Gasteiger partial charge in [-0.15, -0.1) is 11.8 Å². The average molecular weight is 381 g/mol. The first-order valence-electron chi connectivity index (χ1n) is 8.44. The van der Waals surface area contributed by atoms with Crippen molar-refractivity contribution >= 4 is 17.7 Å². The number of unbranched alkanes of at least 4 members (excludes halogenated alkanes) is 1. The lowest BCUT2D eigenvalue weighted by Gasteiger charge is -2.12. The molecular formula is C19H21F2NO3S. The summed E-state index contributed by atoms with van der Waals surface area (Å²) in [5.74, 6) is -2.21. The van der Waals surface area contributed by atoms with Gasteiger partial charge in [-0.05, 0) is 42.4 Å². The molecule has 1 heterocycles. The highest BCUT2D eigenvalue weighted by molar-refractivity contribution is 7.99. The van der Waals surface area contributed by atoms with E-state index in [2.05, 4.69) is 11.9 Å².